The first-order valence-corrected chi connectivity index (χ1v) is 12.5. The van der Waals surface area contributed by atoms with E-state index in [2.05, 4.69) is 58.0 Å². The quantitative estimate of drug-likeness (QED) is 0.209. The van der Waals surface area contributed by atoms with Crippen molar-refractivity contribution in [1.82, 2.24) is 25.1 Å². The molecule has 0 aliphatic carbocycles. The Bertz CT molecular complexity index is 1310. The predicted molar refractivity (Wildman–Crippen MR) is 149 cm³/mol. The van der Waals surface area contributed by atoms with Crippen molar-refractivity contribution in [2.75, 3.05) is 38.8 Å². The van der Waals surface area contributed by atoms with Gasteiger partial charge in [0.2, 0.25) is 0 Å². The van der Waals surface area contributed by atoms with Crippen molar-refractivity contribution in [2.45, 2.75) is 32.9 Å². The van der Waals surface area contributed by atoms with E-state index >= 15 is 0 Å². The standard InChI is InChI=1S/C28H35N7O2/c1-20(2)30-10-12-35(23-13-24(36-4)16-25(14-23)37-5)22-7-8-26-27(15-22)33-28(18-31-26)21-17-32-34(19-21)11-6-9-29-3/h7-8,13-20,30H,3,6,9-12H2,1-2,4-5H3. The summed E-state index contributed by atoms with van der Waals surface area (Å²) in [5.41, 5.74) is 5.35. The van der Waals surface area contributed by atoms with Gasteiger partial charge in [-0.1, -0.05) is 13.8 Å². The second-order valence-corrected chi connectivity index (χ2v) is 9.05. The first-order chi connectivity index (χ1) is 18.0. The molecule has 37 heavy (non-hydrogen) atoms. The van der Waals surface area contributed by atoms with E-state index in [1.807, 2.05) is 41.3 Å². The van der Waals surface area contributed by atoms with Gasteiger partial charge in [0.1, 0.15) is 11.5 Å². The summed E-state index contributed by atoms with van der Waals surface area (Å²) in [7, 11) is 3.32. The number of ether oxygens (including phenoxy) is 2. The Hall–Kier alpha value is -3.98. The first kappa shape index (κ1) is 26.1. The van der Waals surface area contributed by atoms with Crippen molar-refractivity contribution in [3.8, 4) is 22.8 Å². The molecule has 194 valence electrons. The van der Waals surface area contributed by atoms with Crippen LogP contribution in [0.4, 0.5) is 11.4 Å². The van der Waals surface area contributed by atoms with Crippen molar-refractivity contribution in [2.24, 2.45) is 4.99 Å². The van der Waals surface area contributed by atoms with Crippen molar-refractivity contribution in [3.05, 3.63) is 55.0 Å². The van der Waals surface area contributed by atoms with Gasteiger partial charge in [-0.3, -0.25) is 9.67 Å². The van der Waals surface area contributed by atoms with Gasteiger partial charge in [0, 0.05) is 73.6 Å². The highest BCUT2D eigenvalue weighted by atomic mass is 16.5. The summed E-state index contributed by atoms with van der Waals surface area (Å²) in [4.78, 5) is 15.7. The third kappa shape index (κ3) is 6.62. The van der Waals surface area contributed by atoms with E-state index in [0.29, 0.717) is 6.04 Å². The number of hydrogen-bond donors (Lipinski definition) is 1. The van der Waals surface area contributed by atoms with Crippen LogP contribution < -0.4 is 19.7 Å². The van der Waals surface area contributed by atoms with Gasteiger partial charge in [0.25, 0.3) is 0 Å². The average Bonchev–Trinajstić information content (AvgIpc) is 3.39. The highest BCUT2D eigenvalue weighted by molar-refractivity contribution is 5.82. The lowest BCUT2D eigenvalue weighted by Gasteiger charge is -2.27. The van der Waals surface area contributed by atoms with Crippen molar-refractivity contribution in [1.29, 1.82) is 0 Å². The molecule has 1 N–H and O–H groups in total. The Kier molecular flexibility index (Phi) is 8.68. The number of nitrogens with zero attached hydrogens (tertiary/aromatic N) is 6. The first-order valence-electron chi connectivity index (χ1n) is 12.5. The van der Waals surface area contributed by atoms with Crippen LogP contribution in [0.3, 0.4) is 0 Å². The zero-order valence-electron chi connectivity index (χ0n) is 22.0. The molecule has 0 aliphatic rings. The van der Waals surface area contributed by atoms with Crippen LogP contribution in [0.15, 0.2) is 60.0 Å². The topological polar surface area (TPSA) is 89.7 Å². The third-order valence-electron chi connectivity index (χ3n) is 6.01. The zero-order chi connectivity index (χ0) is 26.2. The maximum absolute atomic E-state index is 5.53. The monoisotopic (exact) mass is 501 g/mol. The fourth-order valence-corrected chi connectivity index (χ4v) is 4.09. The van der Waals surface area contributed by atoms with E-state index in [1.165, 1.54) is 0 Å². The lowest BCUT2D eigenvalue weighted by molar-refractivity contribution is 0.394. The minimum atomic E-state index is 0.390. The molecule has 9 heteroatoms. The minimum absolute atomic E-state index is 0.390. The van der Waals surface area contributed by atoms with Crippen molar-refractivity contribution in [3.63, 3.8) is 0 Å². The van der Waals surface area contributed by atoms with E-state index in [4.69, 9.17) is 14.5 Å². The Morgan fingerprint density at radius 1 is 1.03 bits per heavy atom. The van der Waals surface area contributed by atoms with Crippen molar-refractivity contribution >= 4 is 29.1 Å². The molecule has 2 aromatic carbocycles. The van der Waals surface area contributed by atoms with E-state index in [1.54, 1.807) is 20.4 Å². The van der Waals surface area contributed by atoms with Gasteiger partial charge in [0.05, 0.1) is 43.3 Å². The highest BCUT2D eigenvalue weighted by Crippen LogP contribution is 2.34. The Morgan fingerprint density at radius 2 is 1.81 bits per heavy atom. The molecule has 0 unspecified atom stereocenters. The van der Waals surface area contributed by atoms with E-state index in [9.17, 15) is 0 Å². The Balaban J connectivity index is 1.68. The number of anilines is 2. The van der Waals surface area contributed by atoms with Gasteiger partial charge in [0.15, 0.2) is 0 Å². The molecule has 0 bridgehead atoms. The number of methoxy groups -OCH3 is 2. The molecule has 2 heterocycles. The molecule has 0 saturated heterocycles. The van der Waals surface area contributed by atoms with Gasteiger partial charge in [-0.25, -0.2) is 4.98 Å². The maximum atomic E-state index is 5.53. The minimum Gasteiger partial charge on any atom is -0.497 e. The van der Waals surface area contributed by atoms with Crippen molar-refractivity contribution < 1.29 is 9.47 Å². The van der Waals surface area contributed by atoms with Crippen LogP contribution in [0.2, 0.25) is 0 Å². The largest absolute Gasteiger partial charge is 0.497 e. The Labute approximate surface area is 218 Å². The molecule has 0 amide bonds. The van der Waals surface area contributed by atoms with Crippen LogP contribution >= 0.6 is 0 Å². The lowest BCUT2D eigenvalue weighted by atomic mass is 10.2. The number of aromatic nitrogens is 4. The number of benzene rings is 2. The molecule has 0 saturated carbocycles. The number of hydrogen-bond acceptors (Lipinski definition) is 8. The molecule has 0 aliphatic heterocycles. The molecular weight excluding hydrogens is 466 g/mol. The smallest absolute Gasteiger partial charge is 0.124 e. The third-order valence-corrected chi connectivity index (χ3v) is 6.01. The summed E-state index contributed by atoms with van der Waals surface area (Å²) in [6.45, 7) is 10.9. The van der Waals surface area contributed by atoms with Crippen LogP contribution in [0.25, 0.3) is 22.3 Å². The normalized spacial score (nSPS) is 11.2. The Morgan fingerprint density at radius 3 is 2.51 bits per heavy atom. The van der Waals surface area contributed by atoms with Crippen LogP contribution in [-0.2, 0) is 6.54 Å². The average molecular weight is 502 g/mol. The van der Waals surface area contributed by atoms with Gasteiger partial charge in [-0.15, -0.1) is 0 Å². The highest BCUT2D eigenvalue weighted by Gasteiger charge is 2.15. The fourth-order valence-electron chi connectivity index (χ4n) is 4.09. The molecule has 0 radical (unpaired) electrons. The van der Waals surface area contributed by atoms with Gasteiger partial charge in [-0.2, -0.15) is 5.10 Å². The van der Waals surface area contributed by atoms with Crippen LogP contribution in [0.5, 0.6) is 11.5 Å². The molecular formula is C28H35N7O2. The lowest BCUT2D eigenvalue weighted by Crippen LogP contribution is -2.32. The maximum Gasteiger partial charge on any atom is 0.124 e. The summed E-state index contributed by atoms with van der Waals surface area (Å²) < 4.78 is 13.0. The number of nitrogens with one attached hydrogen (secondary N) is 1. The SMILES string of the molecule is C=NCCCn1cc(-c2cnc3ccc(N(CCNC(C)C)c4cc(OC)cc(OC)c4)cc3n2)cn1. The number of aryl methyl sites for hydroxylation is 1. The molecule has 4 rings (SSSR count). The molecule has 4 aromatic rings. The molecule has 9 nitrogen and oxygen atoms in total. The van der Waals surface area contributed by atoms with Crippen LogP contribution in [0.1, 0.15) is 20.3 Å². The summed E-state index contributed by atoms with van der Waals surface area (Å²) >= 11 is 0. The van der Waals surface area contributed by atoms with Gasteiger partial charge < -0.3 is 24.7 Å². The number of aliphatic imine (C=N–C) groups is 1. The molecule has 2 aromatic heterocycles. The summed E-state index contributed by atoms with van der Waals surface area (Å²) in [6, 6.07) is 12.5. The van der Waals surface area contributed by atoms with Gasteiger partial charge in [-0.05, 0) is 31.3 Å². The summed E-state index contributed by atoms with van der Waals surface area (Å²) in [5, 5.41) is 7.97. The number of fused-ring (bicyclic) bond motifs is 1. The zero-order valence-corrected chi connectivity index (χ0v) is 22.0. The van der Waals surface area contributed by atoms with E-state index in [0.717, 1.165) is 77.8 Å². The summed E-state index contributed by atoms with van der Waals surface area (Å²) in [6.07, 6.45) is 6.52. The molecule has 0 spiro atoms. The molecule has 0 fully saturated rings. The van der Waals surface area contributed by atoms with E-state index in [-0.39, 0.29) is 0 Å². The predicted octanol–water partition coefficient (Wildman–Crippen LogP) is 4.74. The fraction of sp³-hybridized carbons (Fsp3) is 0.357. The summed E-state index contributed by atoms with van der Waals surface area (Å²) in [5.74, 6) is 1.47. The second kappa shape index (κ2) is 12.3. The van der Waals surface area contributed by atoms with Crippen LogP contribution in [0, 0.1) is 0 Å². The van der Waals surface area contributed by atoms with E-state index < -0.39 is 0 Å². The second-order valence-electron chi connectivity index (χ2n) is 9.05. The molecule has 0 atom stereocenters. The van der Waals surface area contributed by atoms with Crippen LogP contribution in [-0.4, -0.2) is 66.4 Å². The number of rotatable bonds is 13. The van der Waals surface area contributed by atoms with Gasteiger partial charge >= 0.3 is 0 Å².